The number of aliphatic hydroxyl groups is 1. The molecule has 2 aromatic rings. The van der Waals surface area contributed by atoms with Gasteiger partial charge in [-0.15, -0.1) is 0 Å². The summed E-state index contributed by atoms with van der Waals surface area (Å²) in [4.78, 5) is 15.7. The van der Waals surface area contributed by atoms with Crippen LogP contribution >= 0.6 is 11.6 Å². The van der Waals surface area contributed by atoms with Crippen LogP contribution in [-0.4, -0.2) is 58.3 Å². The van der Waals surface area contributed by atoms with Gasteiger partial charge >= 0.3 is 0 Å². The van der Waals surface area contributed by atoms with Crippen molar-refractivity contribution in [3.05, 3.63) is 41.1 Å². The maximum Gasteiger partial charge on any atom is 0.251 e. The van der Waals surface area contributed by atoms with Crippen LogP contribution in [0.15, 0.2) is 34.9 Å². The zero-order valence-electron chi connectivity index (χ0n) is 13.5. The highest BCUT2D eigenvalue weighted by Crippen LogP contribution is 2.22. The number of nitrogens with zero attached hydrogens (tertiary/aromatic N) is 3. The molecule has 3 rings (SSSR count). The predicted molar refractivity (Wildman–Crippen MR) is 90.5 cm³/mol. The van der Waals surface area contributed by atoms with E-state index in [2.05, 4.69) is 10.1 Å². The Balaban J connectivity index is 1.56. The second-order valence-corrected chi connectivity index (χ2v) is 6.40. The van der Waals surface area contributed by atoms with Crippen molar-refractivity contribution >= 4 is 17.5 Å². The second-order valence-electron chi connectivity index (χ2n) is 5.96. The van der Waals surface area contributed by atoms with Crippen molar-refractivity contribution in [2.45, 2.75) is 19.6 Å². The van der Waals surface area contributed by atoms with Gasteiger partial charge < -0.3 is 14.5 Å². The number of aliphatic hydroxyl groups excluding tert-OH is 1. The van der Waals surface area contributed by atoms with E-state index in [4.69, 9.17) is 16.1 Å². The average molecular weight is 350 g/mol. The Labute approximate surface area is 145 Å². The van der Waals surface area contributed by atoms with Gasteiger partial charge in [-0.3, -0.25) is 9.69 Å². The molecule has 0 bridgehead atoms. The summed E-state index contributed by atoms with van der Waals surface area (Å²) in [6, 6.07) is 9.39. The molecule has 1 N–H and O–H groups in total. The molecule has 128 valence electrons. The predicted octanol–water partition coefficient (Wildman–Crippen LogP) is 2.02. The van der Waals surface area contributed by atoms with E-state index in [1.54, 1.807) is 4.90 Å². The van der Waals surface area contributed by atoms with Crippen molar-refractivity contribution in [1.82, 2.24) is 15.0 Å². The van der Waals surface area contributed by atoms with E-state index in [0.717, 1.165) is 30.1 Å². The number of hydrogen-bond acceptors (Lipinski definition) is 5. The molecule has 0 saturated carbocycles. The summed E-state index contributed by atoms with van der Waals surface area (Å²) in [5, 5.41) is 14.2. The third kappa shape index (κ3) is 3.95. The molecule has 0 radical (unpaired) electrons. The fraction of sp³-hybridized carbons (Fsp3) is 0.412. The lowest BCUT2D eigenvalue weighted by Crippen LogP contribution is -2.50. The first-order valence-corrected chi connectivity index (χ1v) is 8.31. The first-order valence-electron chi connectivity index (χ1n) is 7.93. The summed E-state index contributed by atoms with van der Waals surface area (Å²) < 4.78 is 5.42. The van der Waals surface area contributed by atoms with Crippen molar-refractivity contribution in [2.24, 2.45) is 0 Å². The van der Waals surface area contributed by atoms with Crippen LogP contribution in [0, 0.1) is 0 Å². The van der Waals surface area contributed by atoms with E-state index in [1.807, 2.05) is 30.3 Å². The minimum Gasteiger partial charge on any atom is -0.384 e. The zero-order valence-corrected chi connectivity index (χ0v) is 14.2. The highest BCUT2D eigenvalue weighted by molar-refractivity contribution is 6.30. The summed E-state index contributed by atoms with van der Waals surface area (Å²) in [5.41, 5.74) is 1.74. The fourth-order valence-corrected chi connectivity index (χ4v) is 2.88. The van der Waals surface area contributed by atoms with Crippen molar-refractivity contribution in [1.29, 1.82) is 0 Å². The number of carbonyl (C=O) groups excluding carboxylic acids is 1. The lowest BCUT2D eigenvalue weighted by molar-refractivity contribution is -0.141. The molecule has 0 spiro atoms. The lowest BCUT2D eigenvalue weighted by Gasteiger charge is -2.34. The molecule has 1 fully saturated rings. The van der Waals surface area contributed by atoms with E-state index < -0.39 is 6.10 Å². The Bertz CT molecular complexity index is 691. The first kappa shape index (κ1) is 17.0. The number of hydrogen-bond donors (Lipinski definition) is 1. The highest BCUT2D eigenvalue weighted by atomic mass is 35.5. The molecule has 6 nitrogen and oxygen atoms in total. The standard InChI is InChI=1S/C17H20ClN3O3/c1-12(22)17(23)21-8-6-20(7-9-21)11-15-10-16(19-24-15)13-2-4-14(18)5-3-13/h2-5,10,12,22H,6-9,11H2,1H3. The van der Waals surface area contributed by atoms with Gasteiger partial charge in [0.05, 0.1) is 6.54 Å². The Morgan fingerprint density at radius 3 is 2.58 bits per heavy atom. The van der Waals surface area contributed by atoms with Crippen LogP contribution in [0.1, 0.15) is 12.7 Å². The molecule has 1 aliphatic rings. The Hall–Kier alpha value is -1.89. The first-order chi connectivity index (χ1) is 11.5. The minimum absolute atomic E-state index is 0.209. The summed E-state index contributed by atoms with van der Waals surface area (Å²) >= 11 is 5.89. The number of halogens is 1. The Morgan fingerprint density at radius 2 is 1.96 bits per heavy atom. The van der Waals surface area contributed by atoms with Gasteiger partial charge in [-0.2, -0.15) is 0 Å². The molecule has 1 unspecified atom stereocenters. The highest BCUT2D eigenvalue weighted by Gasteiger charge is 2.24. The van der Waals surface area contributed by atoms with Crippen LogP contribution in [-0.2, 0) is 11.3 Å². The molecule has 7 heteroatoms. The SMILES string of the molecule is CC(O)C(=O)N1CCN(Cc2cc(-c3ccc(Cl)cc3)no2)CC1. The van der Waals surface area contributed by atoms with Gasteiger partial charge in [0.15, 0.2) is 5.76 Å². The minimum atomic E-state index is -0.937. The maximum atomic E-state index is 11.8. The Kier molecular flexibility index (Phi) is 5.18. The molecule has 1 atom stereocenters. The normalized spacial score (nSPS) is 17.0. The summed E-state index contributed by atoms with van der Waals surface area (Å²) in [6.07, 6.45) is -0.937. The molecule has 1 aliphatic heterocycles. The van der Waals surface area contributed by atoms with Gasteiger partial charge in [0, 0.05) is 42.8 Å². The van der Waals surface area contributed by atoms with E-state index in [9.17, 15) is 9.90 Å². The van der Waals surface area contributed by atoms with Gasteiger partial charge in [-0.25, -0.2) is 0 Å². The molecule has 2 heterocycles. The molecule has 1 aromatic heterocycles. The third-order valence-corrected chi connectivity index (χ3v) is 4.37. The monoisotopic (exact) mass is 349 g/mol. The zero-order chi connectivity index (χ0) is 17.1. The maximum absolute atomic E-state index is 11.8. The fourth-order valence-electron chi connectivity index (χ4n) is 2.76. The van der Waals surface area contributed by atoms with Crippen molar-refractivity contribution in [3.8, 4) is 11.3 Å². The quantitative estimate of drug-likeness (QED) is 0.914. The Morgan fingerprint density at radius 1 is 1.29 bits per heavy atom. The molecule has 24 heavy (non-hydrogen) atoms. The van der Waals surface area contributed by atoms with Crippen LogP contribution in [0.2, 0.25) is 5.02 Å². The number of amides is 1. The number of carbonyl (C=O) groups is 1. The molecular formula is C17H20ClN3O3. The smallest absolute Gasteiger partial charge is 0.251 e. The number of piperazine rings is 1. The van der Waals surface area contributed by atoms with E-state index in [0.29, 0.717) is 24.7 Å². The van der Waals surface area contributed by atoms with Crippen molar-refractivity contribution in [2.75, 3.05) is 26.2 Å². The van der Waals surface area contributed by atoms with Gasteiger partial charge in [0.25, 0.3) is 5.91 Å². The van der Waals surface area contributed by atoms with Crippen LogP contribution in [0.3, 0.4) is 0 Å². The molecule has 0 aliphatic carbocycles. The topological polar surface area (TPSA) is 69.8 Å². The number of rotatable bonds is 4. The second kappa shape index (κ2) is 7.34. The summed E-state index contributed by atoms with van der Waals surface area (Å²) in [5.74, 6) is 0.578. The van der Waals surface area contributed by atoms with Crippen LogP contribution in [0.5, 0.6) is 0 Å². The van der Waals surface area contributed by atoms with Crippen LogP contribution in [0.25, 0.3) is 11.3 Å². The molecule has 1 aromatic carbocycles. The van der Waals surface area contributed by atoms with E-state index in [-0.39, 0.29) is 5.91 Å². The summed E-state index contributed by atoms with van der Waals surface area (Å²) in [7, 11) is 0. The number of benzene rings is 1. The van der Waals surface area contributed by atoms with Crippen molar-refractivity contribution < 1.29 is 14.4 Å². The van der Waals surface area contributed by atoms with E-state index >= 15 is 0 Å². The molecule has 1 saturated heterocycles. The van der Waals surface area contributed by atoms with Gasteiger partial charge in [0.2, 0.25) is 0 Å². The van der Waals surface area contributed by atoms with Crippen molar-refractivity contribution in [3.63, 3.8) is 0 Å². The van der Waals surface area contributed by atoms with Crippen LogP contribution in [0.4, 0.5) is 0 Å². The average Bonchev–Trinajstić information content (AvgIpc) is 3.04. The van der Waals surface area contributed by atoms with E-state index in [1.165, 1.54) is 6.92 Å². The van der Waals surface area contributed by atoms with Gasteiger partial charge in [-0.1, -0.05) is 28.9 Å². The molecular weight excluding hydrogens is 330 g/mol. The third-order valence-electron chi connectivity index (χ3n) is 4.12. The van der Waals surface area contributed by atoms with Gasteiger partial charge in [0.1, 0.15) is 11.8 Å². The molecule has 1 amide bonds. The largest absolute Gasteiger partial charge is 0.384 e. The number of aromatic nitrogens is 1. The van der Waals surface area contributed by atoms with Crippen LogP contribution < -0.4 is 0 Å². The summed E-state index contributed by atoms with van der Waals surface area (Å²) in [6.45, 7) is 4.87. The van der Waals surface area contributed by atoms with Gasteiger partial charge in [-0.05, 0) is 19.1 Å². The lowest BCUT2D eigenvalue weighted by atomic mass is 10.1.